The summed E-state index contributed by atoms with van der Waals surface area (Å²) >= 11 is 0. The minimum atomic E-state index is -0.732. The highest BCUT2D eigenvalue weighted by atomic mass is 16.6. The van der Waals surface area contributed by atoms with Crippen molar-refractivity contribution in [1.82, 2.24) is 0 Å². The zero-order valence-electron chi connectivity index (χ0n) is 9.16. The van der Waals surface area contributed by atoms with Gasteiger partial charge in [-0.15, -0.1) is 0 Å². The number of aliphatic hydroxyl groups excluding tert-OH is 2. The molecule has 2 N–H and O–H groups in total. The average molecular weight is 200 g/mol. The van der Waals surface area contributed by atoms with Gasteiger partial charge in [-0.3, -0.25) is 0 Å². The molecule has 0 aromatic rings. The summed E-state index contributed by atoms with van der Waals surface area (Å²) in [6.07, 6.45) is 1.34. The van der Waals surface area contributed by atoms with Crippen molar-refractivity contribution in [3.05, 3.63) is 0 Å². The van der Waals surface area contributed by atoms with E-state index in [0.717, 1.165) is 19.3 Å². The zero-order valence-corrected chi connectivity index (χ0v) is 9.16. The van der Waals surface area contributed by atoms with Crippen LogP contribution in [0.15, 0.2) is 0 Å². The number of fused-ring (bicyclic) bond motifs is 2. The molecule has 3 nitrogen and oxygen atoms in total. The van der Waals surface area contributed by atoms with E-state index in [1.165, 1.54) is 0 Å². The maximum absolute atomic E-state index is 9.93. The van der Waals surface area contributed by atoms with Crippen molar-refractivity contribution in [2.45, 2.75) is 63.4 Å². The Kier molecular flexibility index (Phi) is 2.18. The normalized spacial score (nSPS) is 57.6. The maximum atomic E-state index is 9.93. The molecule has 0 aromatic carbocycles. The van der Waals surface area contributed by atoms with Crippen LogP contribution in [0.2, 0.25) is 0 Å². The predicted octanol–water partition coefficient (Wildman–Crippen LogP) is 1.08. The molecule has 2 rings (SSSR count). The zero-order chi connectivity index (χ0) is 10.6. The summed E-state index contributed by atoms with van der Waals surface area (Å²) in [5.41, 5.74) is -1.07. The number of hydrogen-bond donors (Lipinski definition) is 2. The lowest BCUT2D eigenvalue weighted by Gasteiger charge is -2.40. The maximum Gasteiger partial charge on any atom is 0.111 e. The molecule has 0 aromatic heterocycles. The van der Waals surface area contributed by atoms with Crippen molar-refractivity contribution >= 4 is 0 Å². The van der Waals surface area contributed by atoms with Crippen LogP contribution in [0.3, 0.4) is 0 Å². The quantitative estimate of drug-likeness (QED) is 0.666. The molecule has 2 fully saturated rings. The van der Waals surface area contributed by atoms with E-state index in [4.69, 9.17) is 4.74 Å². The summed E-state index contributed by atoms with van der Waals surface area (Å²) in [5, 5.41) is 19.9. The molecule has 0 aliphatic carbocycles. The molecule has 2 saturated heterocycles. The van der Waals surface area contributed by atoms with E-state index in [1.54, 1.807) is 0 Å². The second kappa shape index (κ2) is 2.94. The number of ether oxygens (including phenoxy) is 1. The third kappa shape index (κ3) is 1.23. The fourth-order valence-corrected chi connectivity index (χ4v) is 3.15. The van der Waals surface area contributed by atoms with E-state index in [2.05, 4.69) is 6.92 Å². The minimum absolute atomic E-state index is 0.535. The van der Waals surface area contributed by atoms with Gasteiger partial charge in [-0.2, -0.15) is 0 Å². The Bertz CT molecular complexity index is 221. The first-order chi connectivity index (χ1) is 6.41. The SMILES string of the molecule is CCC1C[C@@]2(C)O[C@@](C)(C1)[C@H](O)[C@@H]2O. The van der Waals surface area contributed by atoms with Crippen molar-refractivity contribution in [2.24, 2.45) is 5.92 Å². The molecule has 2 bridgehead atoms. The molecule has 14 heavy (non-hydrogen) atoms. The van der Waals surface area contributed by atoms with Crippen molar-refractivity contribution in [3.8, 4) is 0 Å². The van der Waals surface area contributed by atoms with E-state index in [-0.39, 0.29) is 0 Å². The molecule has 0 radical (unpaired) electrons. The molecular weight excluding hydrogens is 180 g/mol. The van der Waals surface area contributed by atoms with E-state index in [1.807, 2.05) is 13.8 Å². The van der Waals surface area contributed by atoms with Crippen LogP contribution >= 0.6 is 0 Å². The highest BCUT2D eigenvalue weighted by Crippen LogP contribution is 2.50. The first-order valence-electron chi connectivity index (χ1n) is 5.47. The Morgan fingerprint density at radius 2 is 1.57 bits per heavy atom. The number of aliphatic hydroxyl groups is 2. The lowest BCUT2D eigenvalue weighted by atomic mass is 9.83. The second-order valence-electron chi connectivity index (χ2n) is 5.30. The molecule has 82 valence electrons. The van der Waals surface area contributed by atoms with Gasteiger partial charge in [0, 0.05) is 0 Å². The van der Waals surface area contributed by atoms with Gasteiger partial charge in [0.15, 0.2) is 0 Å². The van der Waals surface area contributed by atoms with Gasteiger partial charge in [0.2, 0.25) is 0 Å². The van der Waals surface area contributed by atoms with Crippen molar-refractivity contribution in [3.63, 3.8) is 0 Å². The van der Waals surface area contributed by atoms with E-state index in [9.17, 15) is 10.2 Å². The average Bonchev–Trinajstić information content (AvgIpc) is 2.24. The van der Waals surface area contributed by atoms with Gasteiger partial charge in [0.05, 0.1) is 11.2 Å². The Morgan fingerprint density at radius 3 is 1.93 bits per heavy atom. The highest BCUT2D eigenvalue weighted by molar-refractivity contribution is 5.10. The molecule has 0 spiro atoms. The van der Waals surface area contributed by atoms with Crippen LogP contribution in [0, 0.1) is 5.92 Å². The van der Waals surface area contributed by atoms with Crippen LogP contribution in [0.25, 0.3) is 0 Å². The number of hydrogen-bond acceptors (Lipinski definition) is 3. The first-order valence-corrected chi connectivity index (χ1v) is 5.47. The minimum Gasteiger partial charge on any atom is -0.387 e. The number of rotatable bonds is 1. The van der Waals surface area contributed by atoms with Gasteiger partial charge in [-0.25, -0.2) is 0 Å². The van der Waals surface area contributed by atoms with Gasteiger partial charge >= 0.3 is 0 Å². The topological polar surface area (TPSA) is 49.7 Å². The van der Waals surface area contributed by atoms with Crippen LogP contribution in [0.4, 0.5) is 0 Å². The van der Waals surface area contributed by atoms with Crippen LogP contribution in [0.5, 0.6) is 0 Å². The Balaban J connectivity index is 2.30. The van der Waals surface area contributed by atoms with Gasteiger partial charge < -0.3 is 14.9 Å². The molecule has 5 atom stereocenters. The van der Waals surface area contributed by atoms with Crippen LogP contribution in [-0.2, 0) is 4.74 Å². The first kappa shape index (κ1) is 10.4. The molecule has 3 heteroatoms. The lowest BCUT2D eigenvalue weighted by Crippen LogP contribution is -2.43. The summed E-state index contributed by atoms with van der Waals surface area (Å²) in [7, 11) is 0. The van der Waals surface area contributed by atoms with E-state index in [0.29, 0.717) is 5.92 Å². The van der Waals surface area contributed by atoms with Crippen molar-refractivity contribution < 1.29 is 14.9 Å². The molecular formula is C11H20O3. The third-order valence-corrected chi connectivity index (χ3v) is 3.98. The molecule has 2 aliphatic rings. The van der Waals surface area contributed by atoms with Crippen LogP contribution < -0.4 is 0 Å². The van der Waals surface area contributed by atoms with Crippen LogP contribution in [0.1, 0.15) is 40.0 Å². The predicted molar refractivity (Wildman–Crippen MR) is 52.9 cm³/mol. The van der Waals surface area contributed by atoms with Gasteiger partial charge in [-0.1, -0.05) is 13.3 Å². The van der Waals surface area contributed by atoms with Gasteiger partial charge in [0.25, 0.3) is 0 Å². The largest absolute Gasteiger partial charge is 0.387 e. The third-order valence-electron chi connectivity index (χ3n) is 3.98. The van der Waals surface area contributed by atoms with E-state index >= 15 is 0 Å². The molecule has 0 amide bonds. The summed E-state index contributed by atoms with van der Waals surface area (Å²) in [6.45, 7) is 5.98. The Morgan fingerprint density at radius 1 is 1.14 bits per heavy atom. The fraction of sp³-hybridized carbons (Fsp3) is 1.00. The summed E-state index contributed by atoms with van der Waals surface area (Å²) < 4.78 is 5.83. The van der Waals surface area contributed by atoms with Gasteiger partial charge in [-0.05, 0) is 32.6 Å². The van der Waals surface area contributed by atoms with Crippen molar-refractivity contribution in [2.75, 3.05) is 0 Å². The smallest absolute Gasteiger partial charge is 0.111 e. The van der Waals surface area contributed by atoms with Crippen LogP contribution in [-0.4, -0.2) is 33.6 Å². The summed E-state index contributed by atoms with van der Waals surface area (Å²) in [6, 6.07) is 0. The Labute approximate surface area is 85.1 Å². The fourth-order valence-electron chi connectivity index (χ4n) is 3.15. The Hall–Kier alpha value is -0.120. The highest BCUT2D eigenvalue weighted by Gasteiger charge is 2.61. The van der Waals surface area contributed by atoms with Gasteiger partial charge in [0.1, 0.15) is 12.2 Å². The molecule has 1 unspecified atom stereocenters. The summed E-state index contributed by atoms with van der Waals surface area (Å²) in [4.78, 5) is 0. The van der Waals surface area contributed by atoms with E-state index < -0.39 is 23.4 Å². The lowest BCUT2D eigenvalue weighted by molar-refractivity contribution is -0.163. The standard InChI is InChI=1S/C11H20O3/c1-4-7-5-10(2)8(12)9(13)11(3,6-7)14-10/h7-9,12-13H,4-6H2,1-3H3/t7?,8-,9+,10+,11-. The molecule has 0 saturated carbocycles. The second-order valence-corrected chi connectivity index (χ2v) is 5.30. The summed E-state index contributed by atoms with van der Waals surface area (Å²) in [5.74, 6) is 0.561. The monoisotopic (exact) mass is 200 g/mol. The molecule has 2 heterocycles. The van der Waals surface area contributed by atoms with Crippen molar-refractivity contribution in [1.29, 1.82) is 0 Å². The molecule has 2 aliphatic heterocycles.